The maximum atomic E-state index is 11.6. The van der Waals surface area contributed by atoms with E-state index in [2.05, 4.69) is 5.32 Å². The molecule has 8 heteroatoms. The van der Waals surface area contributed by atoms with Gasteiger partial charge in [-0.25, -0.2) is 4.79 Å². The second-order valence-corrected chi connectivity index (χ2v) is 4.47. The summed E-state index contributed by atoms with van der Waals surface area (Å²) in [6.45, 7) is 0. The Balaban J connectivity index is 2.69. The number of hydrogen-bond acceptors (Lipinski definition) is 5. The molecule has 0 saturated heterocycles. The number of carbonyl (C=O) groups is 3. The number of amides is 1. The lowest BCUT2D eigenvalue weighted by atomic mass is 10.1. The van der Waals surface area contributed by atoms with Gasteiger partial charge in [-0.15, -0.1) is 0 Å². The largest absolute Gasteiger partial charge is 0.508 e. The molecule has 0 radical (unpaired) electrons. The van der Waals surface area contributed by atoms with Gasteiger partial charge in [0.25, 0.3) is 0 Å². The molecule has 114 valence electrons. The highest BCUT2D eigenvalue weighted by atomic mass is 16.4. The van der Waals surface area contributed by atoms with Crippen molar-refractivity contribution in [1.29, 1.82) is 0 Å². The van der Waals surface area contributed by atoms with Crippen molar-refractivity contribution in [3.8, 4) is 5.75 Å². The normalized spacial score (nSPS) is 13.2. The van der Waals surface area contributed by atoms with Crippen LogP contribution in [-0.4, -0.2) is 45.2 Å². The number of nitrogens with one attached hydrogen (secondary N) is 1. The van der Waals surface area contributed by atoms with Gasteiger partial charge in [-0.3, -0.25) is 9.59 Å². The predicted molar refractivity (Wildman–Crippen MR) is 71.6 cm³/mol. The maximum Gasteiger partial charge on any atom is 0.326 e. The van der Waals surface area contributed by atoms with E-state index in [9.17, 15) is 14.4 Å². The smallest absolute Gasteiger partial charge is 0.326 e. The average molecular weight is 296 g/mol. The van der Waals surface area contributed by atoms with E-state index >= 15 is 0 Å². The number of hydrogen-bond donors (Lipinski definition) is 5. The average Bonchev–Trinajstić information content (AvgIpc) is 2.39. The number of phenolic OH excluding ortho intramolecular Hbond substituents is 1. The molecular formula is C13H16N2O6. The monoisotopic (exact) mass is 296 g/mol. The van der Waals surface area contributed by atoms with Crippen LogP contribution in [0.1, 0.15) is 12.0 Å². The molecule has 21 heavy (non-hydrogen) atoms. The zero-order valence-electron chi connectivity index (χ0n) is 11.0. The molecule has 0 bridgehead atoms. The number of nitrogens with two attached hydrogens (primary N) is 1. The first kappa shape index (κ1) is 16.4. The topological polar surface area (TPSA) is 150 Å². The molecule has 1 rings (SSSR count). The van der Waals surface area contributed by atoms with E-state index in [1.807, 2.05) is 0 Å². The van der Waals surface area contributed by atoms with Crippen molar-refractivity contribution in [3.05, 3.63) is 29.8 Å². The molecule has 0 heterocycles. The summed E-state index contributed by atoms with van der Waals surface area (Å²) in [6.07, 6.45) is -0.599. The lowest BCUT2D eigenvalue weighted by molar-refractivity contribution is -0.142. The van der Waals surface area contributed by atoms with Gasteiger partial charge in [0.15, 0.2) is 0 Å². The maximum absolute atomic E-state index is 11.6. The van der Waals surface area contributed by atoms with Gasteiger partial charge < -0.3 is 26.4 Å². The first-order valence-corrected chi connectivity index (χ1v) is 6.08. The Morgan fingerprint density at radius 3 is 2.19 bits per heavy atom. The Bertz CT molecular complexity index is 528. The molecule has 0 aromatic heterocycles. The van der Waals surface area contributed by atoms with Crippen molar-refractivity contribution in [2.45, 2.75) is 24.9 Å². The summed E-state index contributed by atoms with van der Waals surface area (Å²) in [6, 6.07) is 3.29. The van der Waals surface area contributed by atoms with Crippen LogP contribution < -0.4 is 11.1 Å². The second kappa shape index (κ2) is 7.25. The molecule has 0 fully saturated rings. The van der Waals surface area contributed by atoms with Gasteiger partial charge in [-0.05, 0) is 17.7 Å². The van der Waals surface area contributed by atoms with E-state index in [-0.39, 0.29) is 12.2 Å². The number of carbonyl (C=O) groups excluding carboxylic acids is 1. The summed E-state index contributed by atoms with van der Waals surface area (Å²) in [5, 5.41) is 29.0. The van der Waals surface area contributed by atoms with Crippen LogP contribution in [0.3, 0.4) is 0 Å². The van der Waals surface area contributed by atoms with Crippen LogP contribution in [0.15, 0.2) is 24.3 Å². The van der Waals surface area contributed by atoms with Crippen molar-refractivity contribution in [1.82, 2.24) is 5.32 Å². The number of phenols is 1. The van der Waals surface area contributed by atoms with E-state index in [1.165, 1.54) is 24.3 Å². The third-order valence-electron chi connectivity index (χ3n) is 2.72. The summed E-state index contributed by atoms with van der Waals surface area (Å²) in [5.41, 5.74) is 5.95. The minimum atomic E-state index is -1.32. The fourth-order valence-electron chi connectivity index (χ4n) is 1.63. The lowest BCUT2D eigenvalue weighted by Gasteiger charge is -2.17. The molecule has 2 atom stereocenters. The molecule has 0 aliphatic carbocycles. The third-order valence-corrected chi connectivity index (χ3v) is 2.72. The van der Waals surface area contributed by atoms with Crippen molar-refractivity contribution in [2.24, 2.45) is 5.73 Å². The Labute approximate surface area is 120 Å². The van der Waals surface area contributed by atoms with Gasteiger partial charge in [0.05, 0.1) is 12.5 Å². The SMILES string of the molecule is NC(CC(=O)O)C(=O)N[C@@H](Cc1ccc(O)cc1)C(=O)O. The molecule has 1 aromatic carbocycles. The molecule has 8 nitrogen and oxygen atoms in total. The summed E-state index contributed by atoms with van der Waals surface area (Å²) in [5.74, 6) is -3.32. The van der Waals surface area contributed by atoms with Crippen molar-refractivity contribution in [2.75, 3.05) is 0 Å². The Morgan fingerprint density at radius 1 is 1.14 bits per heavy atom. The van der Waals surface area contributed by atoms with Gasteiger partial charge in [-0.1, -0.05) is 12.1 Å². The first-order valence-electron chi connectivity index (χ1n) is 6.08. The quantitative estimate of drug-likeness (QED) is 0.446. The zero-order chi connectivity index (χ0) is 16.0. The minimum absolute atomic E-state index is 0.0128. The molecule has 0 spiro atoms. The van der Waals surface area contributed by atoms with Gasteiger partial charge in [-0.2, -0.15) is 0 Å². The first-order chi connectivity index (χ1) is 9.79. The van der Waals surface area contributed by atoms with Gasteiger partial charge in [0, 0.05) is 6.42 Å². The highest BCUT2D eigenvalue weighted by Gasteiger charge is 2.24. The van der Waals surface area contributed by atoms with Crippen LogP contribution >= 0.6 is 0 Å². The summed E-state index contributed by atoms with van der Waals surface area (Å²) >= 11 is 0. The van der Waals surface area contributed by atoms with Crippen molar-refractivity contribution in [3.63, 3.8) is 0 Å². The van der Waals surface area contributed by atoms with E-state index in [0.717, 1.165) is 0 Å². The number of rotatable bonds is 7. The number of aromatic hydroxyl groups is 1. The molecule has 0 aliphatic heterocycles. The Hall–Kier alpha value is -2.61. The van der Waals surface area contributed by atoms with Gasteiger partial charge >= 0.3 is 11.9 Å². The second-order valence-electron chi connectivity index (χ2n) is 4.47. The van der Waals surface area contributed by atoms with Gasteiger partial charge in [0.2, 0.25) is 5.91 Å². The van der Waals surface area contributed by atoms with Crippen LogP contribution in [0.2, 0.25) is 0 Å². The van der Waals surface area contributed by atoms with Gasteiger partial charge in [0.1, 0.15) is 11.8 Å². The molecule has 1 unspecified atom stereocenters. The van der Waals surface area contributed by atoms with Crippen LogP contribution in [0.5, 0.6) is 5.75 Å². The number of carboxylic acid groups (broad SMARTS) is 2. The van der Waals surface area contributed by atoms with Crippen molar-refractivity contribution >= 4 is 17.8 Å². The molecule has 1 amide bonds. The lowest BCUT2D eigenvalue weighted by Crippen LogP contribution is -2.49. The standard InChI is InChI=1S/C13H16N2O6/c14-9(6-11(17)18)12(19)15-10(13(20)21)5-7-1-3-8(16)4-2-7/h1-4,9-10,16H,5-6,14H2,(H,15,19)(H,17,18)(H,20,21)/t9?,10-/m0/s1. The minimum Gasteiger partial charge on any atom is -0.508 e. The van der Waals surface area contributed by atoms with Crippen molar-refractivity contribution < 1.29 is 29.7 Å². The number of aliphatic carboxylic acids is 2. The Kier molecular flexibility index (Phi) is 5.67. The fraction of sp³-hybridized carbons (Fsp3) is 0.308. The zero-order valence-corrected chi connectivity index (χ0v) is 11.0. The predicted octanol–water partition coefficient (Wildman–Crippen LogP) is -0.694. The molecule has 0 saturated carbocycles. The van der Waals surface area contributed by atoms with Crippen LogP contribution in [-0.2, 0) is 20.8 Å². The van der Waals surface area contributed by atoms with E-state index in [1.54, 1.807) is 0 Å². The summed E-state index contributed by atoms with van der Waals surface area (Å²) in [4.78, 5) is 33.2. The highest BCUT2D eigenvalue weighted by molar-refractivity contribution is 5.89. The molecule has 6 N–H and O–H groups in total. The number of benzene rings is 1. The highest BCUT2D eigenvalue weighted by Crippen LogP contribution is 2.11. The molecule has 0 aliphatic rings. The van der Waals surface area contributed by atoms with E-state index in [0.29, 0.717) is 5.56 Å². The molecular weight excluding hydrogens is 280 g/mol. The summed E-state index contributed by atoms with van der Waals surface area (Å²) in [7, 11) is 0. The molecule has 1 aromatic rings. The Morgan fingerprint density at radius 2 is 1.71 bits per heavy atom. The van der Waals surface area contributed by atoms with Crippen LogP contribution in [0, 0.1) is 0 Å². The summed E-state index contributed by atoms with van der Waals surface area (Å²) < 4.78 is 0. The van der Waals surface area contributed by atoms with Crippen LogP contribution in [0.4, 0.5) is 0 Å². The van der Waals surface area contributed by atoms with E-state index < -0.39 is 36.4 Å². The van der Waals surface area contributed by atoms with E-state index in [4.69, 9.17) is 21.1 Å². The van der Waals surface area contributed by atoms with Crippen LogP contribution in [0.25, 0.3) is 0 Å². The fourth-order valence-corrected chi connectivity index (χ4v) is 1.63. The number of carboxylic acids is 2. The third kappa shape index (κ3) is 5.49.